The molecule has 0 saturated carbocycles. The number of carbonyl (C=O) groups is 1. The van der Waals surface area contributed by atoms with E-state index in [9.17, 15) is 4.79 Å². The average Bonchev–Trinajstić information content (AvgIpc) is 2.45. The first kappa shape index (κ1) is 16.0. The average molecular weight is 278 g/mol. The van der Waals surface area contributed by atoms with Gasteiger partial charge in [0.05, 0.1) is 5.71 Å². The van der Waals surface area contributed by atoms with E-state index in [0.717, 1.165) is 5.56 Å². The molecular weight excluding hydrogens is 256 g/mol. The van der Waals surface area contributed by atoms with Gasteiger partial charge in [0.1, 0.15) is 5.75 Å². The van der Waals surface area contributed by atoms with Crippen LogP contribution in [0.15, 0.2) is 23.4 Å². The van der Waals surface area contributed by atoms with Crippen LogP contribution in [0.2, 0.25) is 0 Å². The molecule has 0 spiro atoms. The van der Waals surface area contributed by atoms with Crippen LogP contribution in [0.3, 0.4) is 0 Å². The van der Waals surface area contributed by atoms with Crippen LogP contribution in [0.5, 0.6) is 5.75 Å². The zero-order chi connectivity index (χ0) is 15.1. The number of carbonyl (C=O) groups excluding carboxylic acids is 1. The molecule has 1 aromatic rings. The molecule has 0 aromatic heterocycles. The molecule has 1 N–H and O–H groups in total. The van der Waals surface area contributed by atoms with Gasteiger partial charge in [-0.05, 0) is 45.4 Å². The quantitative estimate of drug-likeness (QED) is 0.494. The Morgan fingerprint density at radius 2 is 2.00 bits per heavy atom. The number of hydrogen-bond acceptors (Lipinski definition) is 4. The highest BCUT2D eigenvalue weighted by Crippen LogP contribution is 2.21. The van der Waals surface area contributed by atoms with Gasteiger partial charge >= 0.3 is 0 Å². The van der Waals surface area contributed by atoms with Crippen molar-refractivity contribution in [1.82, 2.24) is 4.90 Å². The number of ether oxygens (including phenoxy) is 1. The SMILES string of the molecule is CCN(CC)C(=O)COc1cc(C)ccc1C(C)=NO. The van der Waals surface area contributed by atoms with Crippen LogP contribution in [0.1, 0.15) is 31.9 Å². The lowest BCUT2D eigenvalue weighted by Crippen LogP contribution is -2.34. The van der Waals surface area contributed by atoms with Crippen molar-refractivity contribution in [2.45, 2.75) is 27.7 Å². The normalized spacial score (nSPS) is 11.3. The molecule has 5 heteroatoms. The van der Waals surface area contributed by atoms with E-state index in [0.29, 0.717) is 30.1 Å². The smallest absolute Gasteiger partial charge is 0.260 e. The summed E-state index contributed by atoms with van der Waals surface area (Å²) in [5.41, 5.74) is 2.16. The number of oxime groups is 1. The van der Waals surface area contributed by atoms with Gasteiger partial charge in [-0.25, -0.2) is 0 Å². The van der Waals surface area contributed by atoms with Gasteiger partial charge < -0.3 is 14.8 Å². The van der Waals surface area contributed by atoms with E-state index >= 15 is 0 Å². The molecule has 1 amide bonds. The molecule has 0 fully saturated rings. The van der Waals surface area contributed by atoms with Crippen molar-refractivity contribution in [2.24, 2.45) is 5.16 Å². The second-order valence-electron chi connectivity index (χ2n) is 4.54. The number of rotatable bonds is 6. The third-order valence-electron chi connectivity index (χ3n) is 3.14. The summed E-state index contributed by atoms with van der Waals surface area (Å²) < 4.78 is 5.60. The molecule has 1 rings (SSSR count). The summed E-state index contributed by atoms with van der Waals surface area (Å²) in [5, 5.41) is 12.1. The number of amides is 1. The Kier molecular flexibility index (Phi) is 6.03. The third kappa shape index (κ3) is 3.98. The lowest BCUT2D eigenvalue weighted by atomic mass is 10.1. The zero-order valence-electron chi connectivity index (χ0n) is 12.5. The highest BCUT2D eigenvalue weighted by molar-refractivity contribution is 6.00. The first-order valence-corrected chi connectivity index (χ1v) is 6.73. The monoisotopic (exact) mass is 278 g/mol. The molecular formula is C15H22N2O3. The van der Waals surface area contributed by atoms with Gasteiger partial charge in [-0.1, -0.05) is 11.2 Å². The van der Waals surface area contributed by atoms with Gasteiger partial charge in [0, 0.05) is 18.7 Å². The van der Waals surface area contributed by atoms with E-state index < -0.39 is 0 Å². The van der Waals surface area contributed by atoms with Gasteiger partial charge in [-0.3, -0.25) is 4.79 Å². The number of hydrogen-bond donors (Lipinski definition) is 1. The maximum atomic E-state index is 11.9. The van der Waals surface area contributed by atoms with Crippen LogP contribution in [0.4, 0.5) is 0 Å². The Hall–Kier alpha value is -2.04. The summed E-state index contributed by atoms with van der Waals surface area (Å²) >= 11 is 0. The van der Waals surface area contributed by atoms with Crippen molar-refractivity contribution in [1.29, 1.82) is 0 Å². The van der Waals surface area contributed by atoms with Gasteiger partial charge in [0.15, 0.2) is 6.61 Å². The molecule has 0 aliphatic carbocycles. The molecule has 0 unspecified atom stereocenters. The number of benzene rings is 1. The summed E-state index contributed by atoms with van der Waals surface area (Å²) in [6.07, 6.45) is 0. The van der Waals surface area contributed by atoms with Crippen molar-refractivity contribution in [3.8, 4) is 5.75 Å². The number of aryl methyl sites for hydroxylation is 1. The first-order chi connectivity index (χ1) is 9.53. The highest BCUT2D eigenvalue weighted by Gasteiger charge is 2.13. The largest absolute Gasteiger partial charge is 0.483 e. The Labute approximate surface area is 119 Å². The van der Waals surface area contributed by atoms with Crippen LogP contribution in [0.25, 0.3) is 0 Å². The topological polar surface area (TPSA) is 62.1 Å². The Balaban J connectivity index is 2.87. The maximum absolute atomic E-state index is 11.9. The summed E-state index contributed by atoms with van der Waals surface area (Å²) in [4.78, 5) is 13.6. The van der Waals surface area contributed by atoms with E-state index in [1.807, 2.05) is 39.0 Å². The summed E-state index contributed by atoms with van der Waals surface area (Å²) in [5.74, 6) is 0.502. The molecule has 0 aliphatic heterocycles. The molecule has 0 radical (unpaired) electrons. The van der Waals surface area contributed by atoms with Crippen molar-refractivity contribution in [3.05, 3.63) is 29.3 Å². The molecule has 110 valence electrons. The molecule has 0 heterocycles. The zero-order valence-corrected chi connectivity index (χ0v) is 12.5. The van der Waals surface area contributed by atoms with Crippen molar-refractivity contribution < 1.29 is 14.7 Å². The molecule has 5 nitrogen and oxygen atoms in total. The van der Waals surface area contributed by atoms with Gasteiger partial charge in [0.25, 0.3) is 5.91 Å². The Morgan fingerprint density at radius 3 is 2.55 bits per heavy atom. The predicted octanol–water partition coefficient (Wildman–Crippen LogP) is 2.44. The molecule has 1 aromatic carbocycles. The Morgan fingerprint density at radius 1 is 1.35 bits per heavy atom. The second-order valence-corrected chi connectivity index (χ2v) is 4.54. The van der Waals surface area contributed by atoms with Crippen molar-refractivity contribution >= 4 is 11.6 Å². The minimum atomic E-state index is -0.0546. The Bertz CT molecular complexity index is 494. The maximum Gasteiger partial charge on any atom is 0.260 e. The van der Waals surface area contributed by atoms with Crippen molar-refractivity contribution in [2.75, 3.05) is 19.7 Å². The standard InChI is InChI=1S/C15H22N2O3/c1-5-17(6-2)15(18)10-20-14-9-11(3)7-8-13(14)12(4)16-19/h7-9,19H,5-6,10H2,1-4H3. The number of nitrogens with zero attached hydrogens (tertiary/aromatic N) is 2. The number of likely N-dealkylation sites (N-methyl/N-ethyl adjacent to an activating group) is 1. The van der Waals surface area contributed by atoms with Gasteiger partial charge in [-0.15, -0.1) is 0 Å². The van der Waals surface area contributed by atoms with E-state index in [4.69, 9.17) is 9.94 Å². The van der Waals surface area contributed by atoms with Crippen LogP contribution >= 0.6 is 0 Å². The fraction of sp³-hybridized carbons (Fsp3) is 0.467. The molecule has 0 atom stereocenters. The van der Waals surface area contributed by atoms with Gasteiger partial charge in [0.2, 0.25) is 0 Å². The lowest BCUT2D eigenvalue weighted by molar-refractivity contribution is -0.132. The van der Waals surface area contributed by atoms with Crippen LogP contribution in [0, 0.1) is 6.92 Å². The van der Waals surface area contributed by atoms with Gasteiger partial charge in [-0.2, -0.15) is 0 Å². The summed E-state index contributed by atoms with van der Waals surface area (Å²) in [7, 11) is 0. The molecule has 0 bridgehead atoms. The molecule has 20 heavy (non-hydrogen) atoms. The van der Waals surface area contributed by atoms with E-state index in [1.165, 1.54) is 0 Å². The second kappa shape index (κ2) is 7.53. The van der Waals surface area contributed by atoms with Crippen LogP contribution in [-0.2, 0) is 4.79 Å². The first-order valence-electron chi connectivity index (χ1n) is 6.73. The fourth-order valence-electron chi connectivity index (χ4n) is 1.91. The van der Waals surface area contributed by atoms with E-state index in [1.54, 1.807) is 11.8 Å². The van der Waals surface area contributed by atoms with Crippen LogP contribution < -0.4 is 4.74 Å². The minimum Gasteiger partial charge on any atom is -0.483 e. The van der Waals surface area contributed by atoms with Crippen LogP contribution in [-0.4, -0.2) is 41.4 Å². The summed E-state index contributed by atoms with van der Waals surface area (Å²) in [6, 6.07) is 5.56. The van der Waals surface area contributed by atoms with E-state index in [-0.39, 0.29) is 12.5 Å². The highest BCUT2D eigenvalue weighted by atomic mass is 16.5. The molecule has 0 aliphatic rings. The minimum absolute atomic E-state index is 0.0170. The lowest BCUT2D eigenvalue weighted by Gasteiger charge is -2.19. The predicted molar refractivity (Wildman–Crippen MR) is 78.6 cm³/mol. The summed E-state index contributed by atoms with van der Waals surface area (Å²) in [6.45, 7) is 8.80. The molecule has 0 saturated heterocycles. The fourth-order valence-corrected chi connectivity index (χ4v) is 1.91. The van der Waals surface area contributed by atoms with Crippen molar-refractivity contribution in [3.63, 3.8) is 0 Å². The third-order valence-corrected chi connectivity index (χ3v) is 3.14. The van der Waals surface area contributed by atoms with E-state index in [2.05, 4.69) is 5.16 Å².